The minimum atomic E-state index is -0.494. The average Bonchev–Trinajstić information content (AvgIpc) is 3.16. The number of hydrogen-bond donors (Lipinski definition) is 2. The fourth-order valence-corrected chi connectivity index (χ4v) is 3.38. The minimum absolute atomic E-state index is 0.0948. The molecule has 5 heteroatoms. The maximum atomic E-state index is 13.7. The summed E-state index contributed by atoms with van der Waals surface area (Å²) in [5.74, 6) is -0.719. The van der Waals surface area contributed by atoms with E-state index in [4.69, 9.17) is 0 Å². The summed E-state index contributed by atoms with van der Waals surface area (Å²) >= 11 is 1.63. The maximum absolute atomic E-state index is 13.7. The van der Waals surface area contributed by atoms with E-state index >= 15 is 0 Å². The summed E-state index contributed by atoms with van der Waals surface area (Å²) in [6.45, 7) is 1.78. The molecule has 0 saturated carbocycles. The summed E-state index contributed by atoms with van der Waals surface area (Å²) in [7, 11) is 0. The third-order valence-electron chi connectivity index (χ3n) is 3.90. The van der Waals surface area contributed by atoms with Crippen molar-refractivity contribution in [2.45, 2.75) is 19.0 Å². The summed E-state index contributed by atoms with van der Waals surface area (Å²) in [6.07, 6.45) is 0. The van der Waals surface area contributed by atoms with E-state index in [1.54, 1.807) is 36.5 Å². The van der Waals surface area contributed by atoms with E-state index in [2.05, 4.69) is 10.6 Å². The summed E-state index contributed by atoms with van der Waals surface area (Å²) in [5.41, 5.74) is 1.27. The lowest BCUT2D eigenvalue weighted by Crippen LogP contribution is -2.40. The van der Waals surface area contributed by atoms with Crippen molar-refractivity contribution in [3.63, 3.8) is 0 Å². The minimum Gasteiger partial charge on any atom is -0.322 e. The lowest BCUT2D eigenvalue weighted by molar-refractivity contribution is -0.117. The van der Waals surface area contributed by atoms with Crippen LogP contribution in [0.1, 0.15) is 23.4 Å². The van der Waals surface area contributed by atoms with Crippen molar-refractivity contribution in [1.29, 1.82) is 0 Å². The molecule has 0 aliphatic carbocycles. The number of hydrogen-bond acceptors (Lipinski definition) is 3. The Bertz CT molecular complexity index is 821. The SMILES string of the molecule is C[C@H](N[C@@H](c1ccccc1)c1cccs1)C(=O)Nc1ccccc1F. The lowest BCUT2D eigenvalue weighted by Gasteiger charge is -2.22. The molecule has 0 aliphatic heterocycles. The van der Waals surface area contributed by atoms with Crippen LogP contribution >= 0.6 is 11.3 Å². The van der Waals surface area contributed by atoms with Gasteiger partial charge in [0.15, 0.2) is 0 Å². The molecule has 3 aromatic rings. The van der Waals surface area contributed by atoms with Crippen molar-refractivity contribution in [3.8, 4) is 0 Å². The second kappa shape index (κ2) is 8.05. The van der Waals surface area contributed by atoms with Gasteiger partial charge in [-0.25, -0.2) is 4.39 Å². The van der Waals surface area contributed by atoms with E-state index in [9.17, 15) is 9.18 Å². The Morgan fingerprint density at radius 3 is 2.40 bits per heavy atom. The van der Waals surface area contributed by atoms with Gasteiger partial charge in [-0.05, 0) is 36.1 Å². The van der Waals surface area contributed by atoms with Gasteiger partial charge in [-0.3, -0.25) is 10.1 Å². The molecule has 0 saturated heterocycles. The van der Waals surface area contributed by atoms with Gasteiger partial charge in [0.1, 0.15) is 5.82 Å². The first kappa shape index (κ1) is 17.3. The number of thiophene rings is 1. The molecule has 0 radical (unpaired) electrons. The topological polar surface area (TPSA) is 41.1 Å². The van der Waals surface area contributed by atoms with Gasteiger partial charge < -0.3 is 5.32 Å². The molecular formula is C20H19FN2OS. The summed E-state index contributed by atoms with van der Waals surface area (Å²) in [4.78, 5) is 13.6. The number of para-hydroxylation sites is 1. The van der Waals surface area contributed by atoms with Gasteiger partial charge in [-0.15, -0.1) is 11.3 Å². The Balaban J connectivity index is 1.75. The fourth-order valence-electron chi connectivity index (χ4n) is 2.57. The van der Waals surface area contributed by atoms with Crippen LogP contribution in [-0.2, 0) is 4.79 Å². The molecule has 2 aromatic carbocycles. The predicted octanol–water partition coefficient (Wildman–Crippen LogP) is 4.59. The highest BCUT2D eigenvalue weighted by molar-refractivity contribution is 7.10. The molecule has 1 aromatic heterocycles. The van der Waals surface area contributed by atoms with Gasteiger partial charge >= 0.3 is 0 Å². The second-order valence-corrected chi connectivity index (χ2v) is 6.70. The van der Waals surface area contributed by atoms with Crippen LogP contribution in [0.25, 0.3) is 0 Å². The van der Waals surface area contributed by atoms with Crippen LogP contribution in [0.3, 0.4) is 0 Å². The standard InChI is InChI=1S/C20H19FN2OS/c1-14(20(24)23-17-11-6-5-10-16(17)21)22-19(18-12-7-13-25-18)15-8-3-2-4-9-15/h2-14,19,22H,1H3,(H,23,24)/t14-,19-/m0/s1. The van der Waals surface area contributed by atoms with E-state index in [0.717, 1.165) is 10.4 Å². The zero-order valence-corrected chi connectivity index (χ0v) is 14.6. The third-order valence-corrected chi connectivity index (χ3v) is 4.84. The Kier molecular flexibility index (Phi) is 5.58. The van der Waals surface area contributed by atoms with Gasteiger partial charge in [0.05, 0.1) is 17.8 Å². The van der Waals surface area contributed by atoms with Crippen molar-refractivity contribution in [2.24, 2.45) is 0 Å². The highest BCUT2D eigenvalue weighted by Gasteiger charge is 2.22. The number of halogens is 1. The van der Waals surface area contributed by atoms with Crippen molar-refractivity contribution in [2.75, 3.05) is 5.32 Å². The van der Waals surface area contributed by atoms with E-state index in [1.165, 1.54) is 6.07 Å². The van der Waals surface area contributed by atoms with Gasteiger partial charge in [0.25, 0.3) is 0 Å². The summed E-state index contributed by atoms with van der Waals surface area (Å²) in [5, 5.41) is 8.00. The zero-order valence-electron chi connectivity index (χ0n) is 13.8. The van der Waals surface area contributed by atoms with Crippen LogP contribution in [0.4, 0.5) is 10.1 Å². The molecule has 1 heterocycles. The monoisotopic (exact) mass is 354 g/mol. The normalized spacial score (nSPS) is 13.2. The third kappa shape index (κ3) is 4.32. The lowest BCUT2D eigenvalue weighted by atomic mass is 10.0. The number of carbonyl (C=O) groups is 1. The summed E-state index contributed by atoms with van der Waals surface area (Å²) in [6, 6.07) is 19.6. The van der Waals surface area contributed by atoms with E-state index < -0.39 is 11.9 Å². The highest BCUT2D eigenvalue weighted by Crippen LogP contribution is 2.26. The predicted molar refractivity (Wildman–Crippen MR) is 100 cm³/mol. The van der Waals surface area contributed by atoms with Gasteiger partial charge in [0, 0.05) is 4.88 Å². The first-order valence-electron chi connectivity index (χ1n) is 8.05. The van der Waals surface area contributed by atoms with Crippen LogP contribution in [0, 0.1) is 5.82 Å². The molecule has 128 valence electrons. The van der Waals surface area contributed by atoms with E-state index in [0.29, 0.717) is 0 Å². The molecular weight excluding hydrogens is 335 g/mol. The number of amides is 1. The molecule has 25 heavy (non-hydrogen) atoms. The largest absolute Gasteiger partial charge is 0.322 e. The molecule has 0 fully saturated rings. The fraction of sp³-hybridized carbons (Fsp3) is 0.150. The quantitative estimate of drug-likeness (QED) is 0.680. The number of benzene rings is 2. The van der Waals surface area contributed by atoms with Crippen LogP contribution in [0.5, 0.6) is 0 Å². The van der Waals surface area contributed by atoms with Gasteiger partial charge in [0.2, 0.25) is 5.91 Å². The first-order chi connectivity index (χ1) is 12.1. The number of rotatable bonds is 6. The Hall–Kier alpha value is -2.50. The molecule has 0 spiro atoms. The molecule has 2 N–H and O–H groups in total. The molecule has 1 amide bonds. The van der Waals surface area contributed by atoms with E-state index in [-0.39, 0.29) is 17.6 Å². The van der Waals surface area contributed by atoms with Crippen molar-refractivity contribution >= 4 is 22.9 Å². The number of carbonyl (C=O) groups excluding carboxylic acids is 1. The molecule has 3 nitrogen and oxygen atoms in total. The Morgan fingerprint density at radius 2 is 1.72 bits per heavy atom. The molecule has 3 rings (SSSR count). The van der Waals surface area contributed by atoms with Crippen LogP contribution < -0.4 is 10.6 Å². The van der Waals surface area contributed by atoms with E-state index in [1.807, 2.05) is 47.8 Å². The summed E-state index contributed by atoms with van der Waals surface area (Å²) < 4.78 is 13.7. The molecule has 2 atom stereocenters. The van der Waals surface area contributed by atoms with Crippen molar-refractivity contribution < 1.29 is 9.18 Å². The molecule has 0 aliphatic rings. The average molecular weight is 354 g/mol. The van der Waals surface area contributed by atoms with Crippen molar-refractivity contribution in [1.82, 2.24) is 5.32 Å². The smallest absolute Gasteiger partial charge is 0.241 e. The Morgan fingerprint density at radius 1 is 1.00 bits per heavy atom. The van der Waals surface area contributed by atoms with Gasteiger partial charge in [-0.1, -0.05) is 48.5 Å². The molecule has 0 unspecified atom stereocenters. The number of anilines is 1. The number of nitrogens with one attached hydrogen (secondary N) is 2. The maximum Gasteiger partial charge on any atom is 0.241 e. The molecule has 0 bridgehead atoms. The zero-order chi connectivity index (χ0) is 17.6. The van der Waals surface area contributed by atoms with Crippen molar-refractivity contribution in [3.05, 3.63) is 88.4 Å². The second-order valence-electron chi connectivity index (χ2n) is 5.72. The Labute approximate surface area is 150 Å². The van der Waals surface area contributed by atoms with Crippen LogP contribution in [0.2, 0.25) is 0 Å². The first-order valence-corrected chi connectivity index (χ1v) is 8.93. The van der Waals surface area contributed by atoms with Crippen LogP contribution in [0.15, 0.2) is 72.1 Å². The van der Waals surface area contributed by atoms with Crippen LogP contribution in [-0.4, -0.2) is 11.9 Å². The highest BCUT2D eigenvalue weighted by atomic mass is 32.1. The van der Waals surface area contributed by atoms with Gasteiger partial charge in [-0.2, -0.15) is 0 Å².